The Bertz CT molecular complexity index is 1080. The first-order valence-electron chi connectivity index (χ1n) is 12.5. The van der Waals surface area contributed by atoms with Gasteiger partial charge in [0.1, 0.15) is 16.5 Å². The number of hydrogen-bond donors (Lipinski definition) is 3. The molecule has 0 spiro atoms. The van der Waals surface area contributed by atoms with Gasteiger partial charge in [0.2, 0.25) is 0 Å². The van der Waals surface area contributed by atoms with E-state index in [2.05, 4.69) is 31.4 Å². The summed E-state index contributed by atoms with van der Waals surface area (Å²) in [5.41, 5.74) is 2.44. The largest absolute Gasteiger partial charge is 0.497 e. The number of thiophene rings is 1. The molecule has 2 aromatic rings. The summed E-state index contributed by atoms with van der Waals surface area (Å²) in [5.74, 6) is 1.48. The van der Waals surface area contributed by atoms with Gasteiger partial charge in [-0.2, -0.15) is 0 Å². The van der Waals surface area contributed by atoms with Crippen LogP contribution in [0, 0.1) is 11.3 Å². The van der Waals surface area contributed by atoms with Crippen LogP contribution in [0.25, 0.3) is 0 Å². The maximum atomic E-state index is 13.6. The monoisotopic (exact) mass is 500 g/mol. The van der Waals surface area contributed by atoms with Gasteiger partial charge in [0.15, 0.2) is 6.54 Å². The van der Waals surface area contributed by atoms with Gasteiger partial charge in [0, 0.05) is 23.8 Å². The Morgan fingerprint density at radius 1 is 1.11 bits per heavy atom. The van der Waals surface area contributed by atoms with Crippen molar-refractivity contribution < 1.29 is 24.0 Å². The van der Waals surface area contributed by atoms with Crippen LogP contribution >= 0.6 is 11.3 Å². The molecule has 1 saturated heterocycles. The average molecular weight is 501 g/mol. The normalized spacial score (nSPS) is 18.1. The molecule has 4 rings (SSSR count). The Balaban J connectivity index is 1.63. The fourth-order valence-corrected chi connectivity index (χ4v) is 6.53. The standard InChI is InChI=1S/C27H37N3O4S/c1-27(2,3)17-8-10-19-22(14-17)35-26(29-23(31)16-30-12-6-7-13-30)24(19)25(32)28-20-11-9-18(33-4)15-21(20)34-5/h9,11,15,17H,6-8,10,12-14,16H2,1-5H3,(H,28,32)(H,29,31)/p+1/t17-/m1/s1. The van der Waals surface area contributed by atoms with Crippen LogP contribution in [-0.2, 0) is 17.6 Å². The highest BCUT2D eigenvalue weighted by Gasteiger charge is 2.34. The van der Waals surface area contributed by atoms with E-state index in [1.54, 1.807) is 43.8 Å². The second-order valence-electron chi connectivity index (χ2n) is 10.7. The van der Waals surface area contributed by atoms with Crippen molar-refractivity contribution in [3.05, 3.63) is 34.2 Å². The van der Waals surface area contributed by atoms with Crippen LogP contribution in [0.5, 0.6) is 11.5 Å². The van der Waals surface area contributed by atoms with Crippen LogP contribution in [0.1, 0.15) is 60.8 Å². The molecule has 1 aromatic heterocycles. The molecule has 0 radical (unpaired) electrons. The minimum Gasteiger partial charge on any atom is -0.497 e. The molecule has 0 bridgehead atoms. The summed E-state index contributed by atoms with van der Waals surface area (Å²) in [4.78, 5) is 29.1. The second kappa shape index (κ2) is 10.6. The highest BCUT2D eigenvalue weighted by Crippen LogP contribution is 2.44. The highest BCUT2D eigenvalue weighted by molar-refractivity contribution is 7.17. The lowest BCUT2D eigenvalue weighted by Crippen LogP contribution is -3.11. The van der Waals surface area contributed by atoms with Crippen molar-refractivity contribution in [3.63, 3.8) is 0 Å². The number of quaternary nitrogens is 1. The van der Waals surface area contributed by atoms with Crippen LogP contribution in [-0.4, -0.2) is 45.7 Å². The smallest absolute Gasteiger partial charge is 0.280 e. The summed E-state index contributed by atoms with van der Waals surface area (Å²) in [7, 11) is 3.16. The molecular weight excluding hydrogens is 462 g/mol. The van der Waals surface area contributed by atoms with Crippen molar-refractivity contribution >= 4 is 33.8 Å². The lowest BCUT2D eigenvalue weighted by molar-refractivity contribution is -0.878. The molecular formula is C27H38N3O4S+. The lowest BCUT2D eigenvalue weighted by Gasteiger charge is -2.33. The number of nitrogens with one attached hydrogen (secondary N) is 3. The number of hydrogen-bond acceptors (Lipinski definition) is 5. The van der Waals surface area contributed by atoms with Crippen molar-refractivity contribution in [3.8, 4) is 11.5 Å². The van der Waals surface area contributed by atoms with Crippen LogP contribution in [0.3, 0.4) is 0 Å². The molecule has 2 heterocycles. The molecule has 1 aliphatic heterocycles. The van der Waals surface area contributed by atoms with Gasteiger partial charge < -0.3 is 25.0 Å². The molecule has 7 nitrogen and oxygen atoms in total. The van der Waals surface area contributed by atoms with Gasteiger partial charge in [0.05, 0.1) is 38.6 Å². The summed E-state index contributed by atoms with van der Waals surface area (Å²) in [6, 6.07) is 5.31. The fraction of sp³-hybridized carbons (Fsp3) is 0.556. The summed E-state index contributed by atoms with van der Waals surface area (Å²) < 4.78 is 10.8. The first-order valence-corrected chi connectivity index (χ1v) is 13.3. The summed E-state index contributed by atoms with van der Waals surface area (Å²) in [6.45, 7) is 9.35. The van der Waals surface area contributed by atoms with Crippen LogP contribution in [0.15, 0.2) is 18.2 Å². The maximum absolute atomic E-state index is 13.6. The van der Waals surface area contributed by atoms with E-state index in [-0.39, 0.29) is 17.2 Å². The summed E-state index contributed by atoms with van der Waals surface area (Å²) >= 11 is 1.57. The third kappa shape index (κ3) is 5.81. The molecule has 35 heavy (non-hydrogen) atoms. The summed E-state index contributed by atoms with van der Waals surface area (Å²) in [6.07, 6.45) is 5.14. The Morgan fingerprint density at radius 3 is 2.51 bits per heavy atom. The fourth-order valence-electron chi connectivity index (χ4n) is 5.19. The summed E-state index contributed by atoms with van der Waals surface area (Å²) in [5, 5.41) is 6.80. The molecule has 1 aromatic carbocycles. The first kappa shape index (κ1) is 25.5. The van der Waals surface area contributed by atoms with Gasteiger partial charge in [-0.3, -0.25) is 9.59 Å². The van der Waals surface area contributed by atoms with Crippen molar-refractivity contribution in [1.82, 2.24) is 0 Å². The van der Waals surface area contributed by atoms with Crippen molar-refractivity contribution in [2.45, 2.75) is 52.9 Å². The number of fused-ring (bicyclic) bond motifs is 1. The van der Waals surface area contributed by atoms with Gasteiger partial charge in [-0.1, -0.05) is 20.8 Å². The molecule has 8 heteroatoms. The van der Waals surface area contributed by atoms with Gasteiger partial charge in [-0.05, 0) is 48.3 Å². The Hall–Kier alpha value is -2.58. The van der Waals surface area contributed by atoms with E-state index < -0.39 is 0 Å². The zero-order valence-electron chi connectivity index (χ0n) is 21.5. The van der Waals surface area contributed by atoms with E-state index in [1.165, 1.54) is 22.6 Å². The Morgan fingerprint density at radius 2 is 1.86 bits per heavy atom. The van der Waals surface area contributed by atoms with Crippen molar-refractivity contribution in [2.24, 2.45) is 11.3 Å². The number of benzene rings is 1. The predicted molar refractivity (Wildman–Crippen MR) is 140 cm³/mol. The minimum absolute atomic E-state index is 0.0241. The van der Waals surface area contributed by atoms with E-state index in [1.807, 2.05) is 0 Å². The molecule has 1 aliphatic carbocycles. The first-order chi connectivity index (χ1) is 16.7. The van der Waals surface area contributed by atoms with E-state index >= 15 is 0 Å². The average Bonchev–Trinajstić information content (AvgIpc) is 3.45. The second-order valence-corrected chi connectivity index (χ2v) is 11.8. The number of carbonyl (C=O) groups is 2. The van der Waals surface area contributed by atoms with E-state index in [0.29, 0.717) is 40.2 Å². The Kier molecular flexibility index (Phi) is 7.71. The number of carbonyl (C=O) groups excluding carboxylic acids is 2. The minimum atomic E-state index is -0.219. The quantitative estimate of drug-likeness (QED) is 0.541. The van der Waals surface area contributed by atoms with Gasteiger partial charge in [-0.15, -0.1) is 11.3 Å². The van der Waals surface area contributed by atoms with Crippen molar-refractivity contribution in [1.29, 1.82) is 0 Å². The third-order valence-corrected chi connectivity index (χ3v) is 8.52. The molecule has 190 valence electrons. The number of amides is 2. The molecule has 3 N–H and O–H groups in total. The molecule has 1 fully saturated rings. The SMILES string of the molecule is COc1ccc(NC(=O)c2c(NC(=O)C[NH+]3CCCC3)sc3c2CC[C@@H](C(C)(C)C)C3)c(OC)c1. The number of ether oxygens (including phenoxy) is 2. The molecule has 0 saturated carbocycles. The van der Waals surface area contributed by atoms with E-state index in [4.69, 9.17) is 9.47 Å². The number of methoxy groups -OCH3 is 2. The van der Waals surface area contributed by atoms with Crippen LogP contribution in [0.2, 0.25) is 0 Å². The van der Waals surface area contributed by atoms with Crippen LogP contribution < -0.4 is 25.0 Å². The zero-order valence-corrected chi connectivity index (χ0v) is 22.3. The molecule has 0 unspecified atom stereocenters. The van der Waals surface area contributed by atoms with Crippen LogP contribution in [0.4, 0.5) is 10.7 Å². The van der Waals surface area contributed by atoms with Gasteiger partial charge in [0.25, 0.3) is 11.8 Å². The molecule has 1 atom stereocenters. The molecule has 2 aliphatic rings. The third-order valence-electron chi connectivity index (χ3n) is 7.35. The number of rotatable bonds is 7. The zero-order chi connectivity index (χ0) is 25.2. The number of likely N-dealkylation sites (tertiary alicyclic amines) is 1. The van der Waals surface area contributed by atoms with E-state index in [0.717, 1.165) is 37.9 Å². The van der Waals surface area contributed by atoms with E-state index in [9.17, 15) is 9.59 Å². The highest BCUT2D eigenvalue weighted by atomic mass is 32.1. The van der Waals surface area contributed by atoms with Gasteiger partial charge in [-0.25, -0.2) is 0 Å². The Labute approximate surface area is 212 Å². The molecule has 2 amide bonds. The maximum Gasteiger partial charge on any atom is 0.280 e. The van der Waals surface area contributed by atoms with Gasteiger partial charge >= 0.3 is 0 Å². The number of anilines is 2. The lowest BCUT2D eigenvalue weighted by atomic mass is 9.72. The van der Waals surface area contributed by atoms with Crippen molar-refractivity contribution in [2.75, 3.05) is 44.5 Å². The predicted octanol–water partition coefficient (Wildman–Crippen LogP) is 3.79. The topological polar surface area (TPSA) is 81.1 Å².